The summed E-state index contributed by atoms with van der Waals surface area (Å²) in [5.41, 5.74) is 4.99. The molecule has 1 N–H and O–H groups in total. The van der Waals surface area contributed by atoms with Gasteiger partial charge in [0.15, 0.2) is 0 Å². The number of fused-ring (bicyclic) bond motifs is 1. The van der Waals surface area contributed by atoms with Crippen LogP contribution in [0.15, 0.2) is 53.6 Å². The quantitative estimate of drug-likeness (QED) is 0.551. The molecule has 8 heteroatoms. The molecular weight excluding hydrogens is 390 g/mol. The van der Waals surface area contributed by atoms with Crippen molar-refractivity contribution >= 4 is 16.9 Å². The highest BCUT2D eigenvalue weighted by Crippen LogP contribution is 2.28. The molecule has 1 saturated heterocycles. The molecule has 5 rings (SSSR count). The molecule has 0 atom stereocenters. The van der Waals surface area contributed by atoms with Gasteiger partial charge in [0.1, 0.15) is 11.5 Å². The first-order chi connectivity index (χ1) is 15.1. The Hall–Kier alpha value is -3.52. The van der Waals surface area contributed by atoms with Gasteiger partial charge in [0.05, 0.1) is 16.7 Å². The van der Waals surface area contributed by atoms with Crippen LogP contribution in [0.25, 0.3) is 22.3 Å². The Morgan fingerprint density at radius 2 is 1.90 bits per heavy atom. The molecular formula is C23H25N7O. The van der Waals surface area contributed by atoms with Crippen LogP contribution in [0.3, 0.4) is 0 Å². The van der Waals surface area contributed by atoms with Gasteiger partial charge >= 0.3 is 0 Å². The summed E-state index contributed by atoms with van der Waals surface area (Å²) in [5.74, 6) is 1.03. The zero-order valence-electron chi connectivity index (χ0n) is 17.7. The fourth-order valence-electron chi connectivity index (χ4n) is 4.20. The van der Waals surface area contributed by atoms with Crippen molar-refractivity contribution in [2.24, 2.45) is 7.05 Å². The SMILES string of the molecule is Cc1nc2c(-c3ccnn3C)cc(CN3CCN(c4ccccn4)CC3)cc2[nH]c1=O. The highest BCUT2D eigenvalue weighted by molar-refractivity contribution is 5.91. The van der Waals surface area contributed by atoms with E-state index in [9.17, 15) is 4.79 Å². The topological polar surface area (TPSA) is 82.9 Å². The third kappa shape index (κ3) is 3.82. The van der Waals surface area contributed by atoms with Crippen molar-refractivity contribution in [3.05, 3.63) is 70.4 Å². The fourth-order valence-corrected chi connectivity index (χ4v) is 4.20. The van der Waals surface area contributed by atoms with Gasteiger partial charge in [-0.1, -0.05) is 6.07 Å². The van der Waals surface area contributed by atoms with E-state index in [2.05, 4.69) is 42.0 Å². The molecule has 0 radical (unpaired) electrons. The number of hydrogen-bond donors (Lipinski definition) is 1. The molecule has 0 aliphatic carbocycles. The second-order valence-electron chi connectivity index (χ2n) is 7.98. The molecule has 0 bridgehead atoms. The molecule has 31 heavy (non-hydrogen) atoms. The average molecular weight is 416 g/mol. The van der Waals surface area contributed by atoms with Crippen molar-refractivity contribution in [3.8, 4) is 11.3 Å². The van der Waals surface area contributed by atoms with Crippen molar-refractivity contribution < 1.29 is 0 Å². The monoisotopic (exact) mass is 415 g/mol. The minimum atomic E-state index is -0.149. The van der Waals surface area contributed by atoms with Crippen molar-refractivity contribution in [2.45, 2.75) is 13.5 Å². The van der Waals surface area contributed by atoms with Crippen LogP contribution in [0.1, 0.15) is 11.3 Å². The first-order valence-corrected chi connectivity index (χ1v) is 10.5. The predicted octanol–water partition coefficient (Wildman–Crippen LogP) is 2.35. The van der Waals surface area contributed by atoms with Crippen LogP contribution in [-0.4, -0.2) is 55.8 Å². The minimum Gasteiger partial charge on any atom is -0.354 e. The summed E-state index contributed by atoms with van der Waals surface area (Å²) < 4.78 is 1.84. The molecule has 1 aliphatic heterocycles. The van der Waals surface area contributed by atoms with E-state index in [1.807, 2.05) is 42.2 Å². The smallest absolute Gasteiger partial charge is 0.269 e. The Balaban J connectivity index is 1.43. The zero-order valence-corrected chi connectivity index (χ0v) is 17.7. The number of nitrogens with zero attached hydrogens (tertiary/aromatic N) is 6. The van der Waals surface area contributed by atoms with Gasteiger partial charge in [-0.25, -0.2) is 9.97 Å². The number of H-pyrrole nitrogens is 1. The maximum Gasteiger partial charge on any atom is 0.269 e. The van der Waals surface area contributed by atoms with E-state index in [1.165, 1.54) is 0 Å². The summed E-state index contributed by atoms with van der Waals surface area (Å²) in [7, 11) is 1.92. The summed E-state index contributed by atoms with van der Waals surface area (Å²) in [6.45, 7) is 6.34. The molecule has 1 aliphatic rings. The van der Waals surface area contributed by atoms with Crippen molar-refractivity contribution in [1.29, 1.82) is 0 Å². The van der Waals surface area contributed by atoms with Crippen LogP contribution >= 0.6 is 0 Å². The van der Waals surface area contributed by atoms with Crippen molar-refractivity contribution in [3.63, 3.8) is 0 Å². The summed E-state index contributed by atoms with van der Waals surface area (Å²) >= 11 is 0. The molecule has 4 heterocycles. The Morgan fingerprint density at radius 3 is 2.61 bits per heavy atom. The lowest BCUT2D eigenvalue weighted by Gasteiger charge is -2.35. The first kappa shape index (κ1) is 19.4. The van der Waals surface area contributed by atoms with Crippen LogP contribution in [0.5, 0.6) is 0 Å². The largest absolute Gasteiger partial charge is 0.354 e. The average Bonchev–Trinajstić information content (AvgIpc) is 3.21. The molecule has 4 aromatic rings. The van der Waals surface area contributed by atoms with Crippen molar-refractivity contribution in [2.75, 3.05) is 31.1 Å². The van der Waals surface area contributed by atoms with E-state index in [0.29, 0.717) is 5.69 Å². The highest BCUT2D eigenvalue weighted by atomic mass is 16.1. The summed E-state index contributed by atoms with van der Waals surface area (Å²) in [6, 6.07) is 12.2. The molecule has 0 spiro atoms. The van der Waals surface area contributed by atoms with E-state index in [1.54, 1.807) is 13.1 Å². The number of rotatable bonds is 4. The fraction of sp³-hybridized carbons (Fsp3) is 0.304. The molecule has 1 aromatic carbocycles. The molecule has 8 nitrogen and oxygen atoms in total. The summed E-state index contributed by atoms with van der Waals surface area (Å²) in [6.07, 6.45) is 3.62. The summed E-state index contributed by atoms with van der Waals surface area (Å²) in [5, 5.41) is 4.32. The van der Waals surface area contributed by atoms with Gasteiger partial charge in [0.2, 0.25) is 0 Å². The number of nitrogens with one attached hydrogen (secondary N) is 1. The lowest BCUT2D eigenvalue weighted by molar-refractivity contribution is 0.249. The van der Waals surface area contributed by atoms with Crippen LogP contribution in [-0.2, 0) is 13.6 Å². The van der Waals surface area contributed by atoms with E-state index in [-0.39, 0.29) is 5.56 Å². The van der Waals surface area contributed by atoms with Gasteiger partial charge in [-0.2, -0.15) is 5.10 Å². The van der Waals surface area contributed by atoms with Crippen LogP contribution in [0.2, 0.25) is 0 Å². The number of piperazine rings is 1. The number of aromatic nitrogens is 5. The Labute approximate surface area is 180 Å². The number of aryl methyl sites for hydroxylation is 2. The first-order valence-electron chi connectivity index (χ1n) is 10.5. The molecule has 1 fully saturated rings. The van der Waals surface area contributed by atoms with Gasteiger partial charge < -0.3 is 9.88 Å². The van der Waals surface area contributed by atoms with Gasteiger partial charge in [-0.3, -0.25) is 14.4 Å². The van der Waals surface area contributed by atoms with E-state index in [4.69, 9.17) is 0 Å². The Bertz CT molecular complexity index is 1270. The third-order valence-corrected chi connectivity index (χ3v) is 5.87. The van der Waals surface area contributed by atoms with Gasteiger partial charge in [0, 0.05) is 57.7 Å². The Morgan fingerprint density at radius 1 is 1.06 bits per heavy atom. The maximum atomic E-state index is 12.2. The lowest BCUT2D eigenvalue weighted by atomic mass is 10.0. The van der Waals surface area contributed by atoms with Crippen LogP contribution < -0.4 is 10.5 Å². The highest BCUT2D eigenvalue weighted by Gasteiger charge is 2.19. The molecule has 0 unspecified atom stereocenters. The molecule has 3 aromatic heterocycles. The number of anilines is 1. The molecule has 158 valence electrons. The number of pyridine rings is 1. The number of aromatic amines is 1. The van der Waals surface area contributed by atoms with Crippen LogP contribution in [0, 0.1) is 6.92 Å². The van der Waals surface area contributed by atoms with Gasteiger partial charge in [-0.05, 0) is 42.8 Å². The maximum absolute atomic E-state index is 12.2. The third-order valence-electron chi connectivity index (χ3n) is 5.87. The van der Waals surface area contributed by atoms with E-state index >= 15 is 0 Å². The normalized spacial score (nSPS) is 15.0. The predicted molar refractivity (Wildman–Crippen MR) is 121 cm³/mol. The summed E-state index contributed by atoms with van der Waals surface area (Å²) in [4.78, 5) is 29.0. The van der Waals surface area contributed by atoms with Gasteiger partial charge in [0.25, 0.3) is 5.56 Å². The van der Waals surface area contributed by atoms with E-state index < -0.39 is 0 Å². The standard InChI is InChI=1S/C23H25N7O/c1-16-23(31)27-19-14-17(13-18(22(19)26-16)20-6-8-25-28(20)2)15-29-9-11-30(12-10-29)21-5-3-4-7-24-21/h3-8,13-14H,9-12,15H2,1-2H3,(H,27,31). The van der Waals surface area contributed by atoms with Crippen LogP contribution in [0.4, 0.5) is 5.82 Å². The molecule has 0 saturated carbocycles. The van der Waals surface area contributed by atoms with Crippen molar-refractivity contribution in [1.82, 2.24) is 29.6 Å². The second-order valence-corrected chi connectivity index (χ2v) is 7.98. The molecule has 0 amide bonds. The number of benzene rings is 1. The zero-order chi connectivity index (χ0) is 21.4. The van der Waals surface area contributed by atoms with Gasteiger partial charge in [-0.15, -0.1) is 0 Å². The second kappa shape index (κ2) is 7.96. The Kier molecular flexibility index (Phi) is 4.99. The minimum absolute atomic E-state index is 0.149. The lowest BCUT2D eigenvalue weighted by Crippen LogP contribution is -2.46. The number of hydrogen-bond acceptors (Lipinski definition) is 6. The van der Waals surface area contributed by atoms with E-state index in [0.717, 1.165) is 66.4 Å².